The lowest BCUT2D eigenvalue weighted by Crippen LogP contribution is -2.08. The van der Waals surface area contributed by atoms with E-state index in [1.165, 1.54) is 12.1 Å². The Hall–Kier alpha value is -3.29. The monoisotopic (exact) mass is 432 g/mol. The number of aromatic nitrogens is 2. The normalized spacial score (nSPS) is 12.5. The lowest BCUT2D eigenvalue weighted by Gasteiger charge is -2.13. The molecule has 3 rings (SSSR count). The number of carbonyl (C=O) groups is 1. The van der Waals surface area contributed by atoms with Gasteiger partial charge in [0.05, 0.1) is 23.6 Å². The van der Waals surface area contributed by atoms with Gasteiger partial charge >= 0.3 is 12.1 Å². The summed E-state index contributed by atoms with van der Waals surface area (Å²) in [6, 6.07) is 12.2. The van der Waals surface area contributed by atoms with Crippen LogP contribution in [0.4, 0.5) is 13.2 Å². The Labute approximate surface area is 178 Å². The molecule has 0 saturated carbocycles. The first kappa shape index (κ1) is 22.4. The van der Waals surface area contributed by atoms with Gasteiger partial charge in [-0.3, -0.25) is 4.79 Å². The van der Waals surface area contributed by atoms with Crippen LogP contribution in [0.25, 0.3) is 5.69 Å². The first-order valence-electron chi connectivity index (χ1n) is 9.81. The molecule has 0 amide bonds. The molecule has 1 atom stereocenters. The summed E-state index contributed by atoms with van der Waals surface area (Å²) in [6.45, 7) is 4.20. The molecular weight excluding hydrogens is 409 g/mol. The fourth-order valence-corrected chi connectivity index (χ4v) is 3.25. The van der Waals surface area contributed by atoms with E-state index in [2.05, 4.69) is 5.10 Å². The Kier molecular flexibility index (Phi) is 6.68. The van der Waals surface area contributed by atoms with Crippen LogP contribution in [0.15, 0.2) is 54.7 Å². The van der Waals surface area contributed by atoms with Gasteiger partial charge in [0, 0.05) is 18.5 Å². The molecule has 0 aliphatic carbocycles. The van der Waals surface area contributed by atoms with E-state index in [0.29, 0.717) is 24.5 Å². The summed E-state index contributed by atoms with van der Waals surface area (Å²) in [5, 5.41) is 13.2. The zero-order chi connectivity index (χ0) is 22.6. The minimum Gasteiger partial charge on any atom is -0.493 e. The van der Waals surface area contributed by atoms with Gasteiger partial charge in [0.2, 0.25) is 0 Å². The molecule has 1 unspecified atom stereocenters. The third-order valence-electron chi connectivity index (χ3n) is 4.95. The lowest BCUT2D eigenvalue weighted by molar-refractivity contribution is -0.138. The largest absolute Gasteiger partial charge is 0.493 e. The SMILES string of the molecule is Cc1nn(-c2ccc(C(F)(F)F)cc2)cc1C(C)COc1cccc(CCC(=O)O)c1. The number of hydrogen-bond donors (Lipinski definition) is 1. The Morgan fingerprint density at radius 1 is 1.19 bits per heavy atom. The number of aryl methyl sites for hydroxylation is 2. The Morgan fingerprint density at radius 3 is 2.55 bits per heavy atom. The van der Waals surface area contributed by atoms with Gasteiger partial charge < -0.3 is 9.84 Å². The van der Waals surface area contributed by atoms with Gasteiger partial charge in [0.15, 0.2) is 0 Å². The highest BCUT2D eigenvalue weighted by Gasteiger charge is 2.30. The van der Waals surface area contributed by atoms with Gasteiger partial charge in [-0.25, -0.2) is 4.68 Å². The van der Waals surface area contributed by atoms with Crippen molar-refractivity contribution in [2.45, 2.75) is 38.8 Å². The first-order valence-corrected chi connectivity index (χ1v) is 9.81. The summed E-state index contributed by atoms with van der Waals surface area (Å²) in [5.41, 5.74) is 2.43. The summed E-state index contributed by atoms with van der Waals surface area (Å²) in [6.07, 6.45) is -2.08. The van der Waals surface area contributed by atoms with Crippen LogP contribution < -0.4 is 4.74 Å². The zero-order valence-electron chi connectivity index (χ0n) is 17.2. The summed E-state index contributed by atoms with van der Waals surface area (Å²) in [7, 11) is 0. The maximum Gasteiger partial charge on any atom is 0.416 e. The van der Waals surface area contributed by atoms with Crippen LogP contribution in [-0.4, -0.2) is 27.5 Å². The van der Waals surface area contributed by atoms with E-state index in [9.17, 15) is 18.0 Å². The third kappa shape index (κ3) is 5.87. The third-order valence-corrected chi connectivity index (χ3v) is 4.95. The van der Waals surface area contributed by atoms with Crippen molar-refractivity contribution in [3.05, 3.63) is 77.1 Å². The van der Waals surface area contributed by atoms with Crippen molar-refractivity contribution >= 4 is 5.97 Å². The van der Waals surface area contributed by atoms with Crippen LogP contribution >= 0.6 is 0 Å². The maximum absolute atomic E-state index is 12.8. The molecule has 0 saturated heterocycles. The van der Waals surface area contributed by atoms with Crippen LogP contribution in [0.2, 0.25) is 0 Å². The lowest BCUT2D eigenvalue weighted by atomic mass is 10.0. The predicted molar refractivity (Wildman–Crippen MR) is 110 cm³/mol. The first-order chi connectivity index (χ1) is 14.6. The maximum atomic E-state index is 12.8. The number of halogens is 3. The van der Waals surface area contributed by atoms with Crippen molar-refractivity contribution in [3.63, 3.8) is 0 Å². The molecule has 0 radical (unpaired) electrons. The second-order valence-corrected chi connectivity index (χ2v) is 7.41. The Bertz CT molecular complexity index is 1040. The van der Waals surface area contributed by atoms with E-state index in [0.717, 1.165) is 29.0 Å². The van der Waals surface area contributed by atoms with E-state index in [1.807, 2.05) is 38.1 Å². The van der Waals surface area contributed by atoms with Crippen LogP contribution in [0.1, 0.15) is 41.6 Å². The average molecular weight is 432 g/mol. The van der Waals surface area contributed by atoms with Crippen molar-refractivity contribution in [2.24, 2.45) is 0 Å². The van der Waals surface area contributed by atoms with Gasteiger partial charge in [0.1, 0.15) is 5.75 Å². The molecule has 1 heterocycles. The molecule has 1 N–H and O–H groups in total. The molecule has 0 fully saturated rings. The van der Waals surface area contributed by atoms with E-state index in [4.69, 9.17) is 9.84 Å². The van der Waals surface area contributed by atoms with Crippen molar-refractivity contribution in [3.8, 4) is 11.4 Å². The molecule has 0 aliphatic heterocycles. The number of aliphatic carboxylic acids is 1. The van der Waals surface area contributed by atoms with Crippen LogP contribution in [0.5, 0.6) is 5.75 Å². The van der Waals surface area contributed by atoms with Crippen LogP contribution in [0, 0.1) is 6.92 Å². The number of carboxylic acids is 1. The predicted octanol–water partition coefficient (Wildman–Crippen LogP) is 5.40. The highest BCUT2D eigenvalue weighted by atomic mass is 19.4. The van der Waals surface area contributed by atoms with Gasteiger partial charge in [0.25, 0.3) is 0 Å². The molecule has 1 aromatic heterocycles. The molecule has 31 heavy (non-hydrogen) atoms. The molecular formula is C23H23F3N2O3. The minimum absolute atomic E-state index is 0.00845. The highest BCUT2D eigenvalue weighted by Crippen LogP contribution is 2.30. The van der Waals surface area contributed by atoms with E-state index in [-0.39, 0.29) is 12.3 Å². The number of rotatable bonds is 8. The summed E-state index contributed by atoms with van der Waals surface area (Å²) < 4.78 is 45.7. The number of hydrogen-bond acceptors (Lipinski definition) is 3. The summed E-state index contributed by atoms with van der Waals surface area (Å²) in [5.74, 6) is -0.200. The van der Waals surface area contributed by atoms with Gasteiger partial charge in [-0.15, -0.1) is 0 Å². The fourth-order valence-electron chi connectivity index (χ4n) is 3.25. The number of benzene rings is 2. The minimum atomic E-state index is -4.37. The Balaban J connectivity index is 1.66. The Morgan fingerprint density at radius 2 is 1.90 bits per heavy atom. The molecule has 0 aliphatic rings. The fraction of sp³-hybridized carbons (Fsp3) is 0.304. The molecule has 3 aromatic rings. The van der Waals surface area contributed by atoms with Gasteiger partial charge in [-0.1, -0.05) is 19.1 Å². The van der Waals surface area contributed by atoms with E-state index in [1.54, 1.807) is 10.9 Å². The quantitative estimate of drug-likeness (QED) is 0.518. The van der Waals surface area contributed by atoms with Crippen LogP contribution in [0.3, 0.4) is 0 Å². The van der Waals surface area contributed by atoms with Gasteiger partial charge in [-0.2, -0.15) is 18.3 Å². The zero-order valence-corrected chi connectivity index (χ0v) is 17.2. The second-order valence-electron chi connectivity index (χ2n) is 7.41. The summed E-state index contributed by atoms with van der Waals surface area (Å²) in [4.78, 5) is 10.7. The van der Waals surface area contributed by atoms with E-state index < -0.39 is 17.7 Å². The number of ether oxygens (including phenoxy) is 1. The van der Waals surface area contributed by atoms with Crippen molar-refractivity contribution in [1.29, 1.82) is 0 Å². The molecule has 2 aromatic carbocycles. The standard InChI is InChI=1S/C23H23F3N2O3/c1-15(14-31-20-5-3-4-17(12-20)6-11-22(29)30)21-13-28(27-16(21)2)19-9-7-18(8-10-19)23(24,25)26/h3-5,7-10,12-13,15H,6,11,14H2,1-2H3,(H,29,30). The van der Waals surface area contributed by atoms with Crippen molar-refractivity contribution in [1.82, 2.24) is 9.78 Å². The van der Waals surface area contributed by atoms with Crippen LogP contribution in [-0.2, 0) is 17.4 Å². The van der Waals surface area contributed by atoms with Crippen molar-refractivity contribution < 1.29 is 27.8 Å². The number of alkyl halides is 3. The van der Waals surface area contributed by atoms with Crippen molar-refractivity contribution in [2.75, 3.05) is 6.61 Å². The molecule has 8 heteroatoms. The summed E-state index contributed by atoms with van der Waals surface area (Å²) >= 11 is 0. The van der Waals surface area contributed by atoms with E-state index >= 15 is 0 Å². The molecule has 0 spiro atoms. The number of nitrogens with zero attached hydrogens (tertiary/aromatic N) is 2. The topological polar surface area (TPSA) is 64.4 Å². The molecule has 5 nitrogen and oxygen atoms in total. The molecule has 164 valence electrons. The van der Waals surface area contributed by atoms with Gasteiger partial charge in [-0.05, 0) is 60.9 Å². The second kappa shape index (κ2) is 9.24. The average Bonchev–Trinajstić information content (AvgIpc) is 3.12. The smallest absolute Gasteiger partial charge is 0.416 e. The number of carboxylic acid groups (broad SMARTS) is 1. The highest BCUT2D eigenvalue weighted by molar-refractivity contribution is 5.67. The molecule has 0 bridgehead atoms.